The Bertz CT molecular complexity index is 327. The van der Waals surface area contributed by atoms with Crippen molar-refractivity contribution in [3.05, 3.63) is 0 Å². The van der Waals surface area contributed by atoms with Crippen LogP contribution in [0, 0.1) is 5.41 Å². The lowest BCUT2D eigenvalue weighted by Crippen LogP contribution is -2.54. The molecule has 0 aromatic carbocycles. The molecule has 2 N–H and O–H groups in total. The summed E-state index contributed by atoms with van der Waals surface area (Å²) in [6.45, 7) is 21.8. The lowest BCUT2D eigenvalue weighted by Gasteiger charge is -2.46. The van der Waals surface area contributed by atoms with Crippen molar-refractivity contribution in [2.45, 2.75) is 90.6 Å². The maximum absolute atomic E-state index is 10.8. The van der Waals surface area contributed by atoms with Crippen LogP contribution in [0.25, 0.3) is 0 Å². The van der Waals surface area contributed by atoms with Crippen LogP contribution in [0.15, 0.2) is 0 Å². The lowest BCUT2D eigenvalue weighted by molar-refractivity contribution is -0.0553. The Morgan fingerprint density at radius 3 is 1.67 bits per heavy atom. The van der Waals surface area contributed by atoms with Gasteiger partial charge in [0.2, 0.25) is 0 Å². The molecule has 0 amide bonds. The number of hydrogen-bond donors (Lipinski definition) is 2. The van der Waals surface area contributed by atoms with E-state index in [1.165, 1.54) is 0 Å². The summed E-state index contributed by atoms with van der Waals surface area (Å²) in [7, 11) is -3.38. The van der Waals surface area contributed by atoms with E-state index in [0.29, 0.717) is 0 Å². The fourth-order valence-corrected chi connectivity index (χ4v) is 5.01. The molecule has 21 heavy (non-hydrogen) atoms. The molecule has 5 heteroatoms. The van der Waals surface area contributed by atoms with Crippen molar-refractivity contribution in [1.82, 2.24) is 0 Å². The van der Waals surface area contributed by atoms with Crippen molar-refractivity contribution in [2.75, 3.05) is 6.61 Å². The van der Waals surface area contributed by atoms with Gasteiger partial charge in [-0.3, -0.25) is 0 Å². The predicted molar refractivity (Wildman–Crippen MR) is 97.1 cm³/mol. The van der Waals surface area contributed by atoms with Gasteiger partial charge in [-0.1, -0.05) is 54.3 Å². The van der Waals surface area contributed by atoms with E-state index in [4.69, 9.17) is 4.43 Å². The monoisotopic (exact) mass is 334 g/mol. The van der Waals surface area contributed by atoms with Crippen LogP contribution in [0.1, 0.15) is 34.6 Å². The predicted octanol–water partition coefficient (Wildman–Crippen LogP) is 4.09. The van der Waals surface area contributed by atoms with E-state index in [2.05, 4.69) is 53.5 Å². The summed E-state index contributed by atoms with van der Waals surface area (Å²) in [6.07, 6.45) is -0.817. The van der Waals surface area contributed by atoms with Crippen LogP contribution in [-0.4, -0.2) is 45.4 Å². The Morgan fingerprint density at radius 1 is 0.952 bits per heavy atom. The number of rotatable bonds is 7. The summed E-state index contributed by atoms with van der Waals surface area (Å²) in [4.78, 5) is 0. The van der Waals surface area contributed by atoms with Gasteiger partial charge in [-0.05, 0) is 24.2 Å². The third-order valence-corrected chi connectivity index (χ3v) is 10.7. The van der Waals surface area contributed by atoms with Crippen LogP contribution in [0.2, 0.25) is 43.8 Å². The van der Waals surface area contributed by atoms with Gasteiger partial charge in [-0.2, -0.15) is 0 Å². The maximum atomic E-state index is 10.8. The van der Waals surface area contributed by atoms with E-state index < -0.39 is 27.9 Å². The summed E-state index contributed by atoms with van der Waals surface area (Å²) < 4.78 is 6.52. The zero-order chi connectivity index (χ0) is 17.3. The van der Waals surface area contributed by atoms with E-state index in [0.717, 1.165) is 6.04 Å². The van der Waals surface area contributed by atoms with Crippen molar-refractivity contribution in [3.8, 4) is 0 Å². The molecule has 0 saturated carbocycles. The second-order valence-corrected chi connectivity index (χ2v) is 20.1. The van der Waals surface area contributed by atoms with Gasteiger partial charge in [0.15, 0.2) is 8.32 Å². The third-order valence-electron chi connectivity index (χ3n) is 4.58. The number of aliphatic hydroxyl groups excluding tert-OH is 2. The molecule has 0 fully saturated rings. The molecular weight excluding hydrogens is 296 g/mol. The molecule has 0 bridgehead atoms. The summed E-state index contributed by atoms with van der Waals surface area (Å²) in [6, 6.07) is 0.801. The first kappa shape index (κ1) is 21.3. The van der Waals surface area contributed by atoms with Crippen LogP contribution < -0.4 is 0 Å². The van der Waals surface area contributed by atoms with Gasteiger partial charge in [0.25, 0.3) is 0 Å². The molecule has 0 aliphatic rings. The third kappa shape index (κ3) is 6.52. The van der Waals surface area contributed by atoms with E-state index in [9.17, 15) is 10.2 Å². The average Bonchev–Trinajstić information content (AvgIpc) is 2.21. The van der Waals surface area contributed by atoms with Gasteiger partial charge < -0.3 is 14.6 Å². The molecule has 3 nitrogen and oxygen atoms in total. The molecule has 0 rings (SSSR count). The first-order valence-electron chi connectivity index (χ1n) is 8.00. The largest absolute Gasteiger partial charge is 0.411 e. The smallest absolute Gasteiger partial charge is 0.192 e. The molecule has 0 aromatic rings. The average molecular weight is 335 g/mol. The van der Waals surface area contributed by atoms with Crippen molar-refractivity contribution in [2.24, 2.45) is 5.41 Å². The summed E-state index contributed by atoms with van der Waals surface area (Å²) in [5, 5.41) is 20.6. The second-order valence-electron chi connectivity index (χ2n) is 9.78. The van der Waals surface area contributed by atoms with Crippen LogP contribution in [-0.2, 0) is 4.43 Å². The van der Waals surface area contributed by atoms with E-state index in [-0.39, 0.29) is 17.7 Å². The molecule has 128 valence electrons. The minimum Gasteiger partial charge on any atom is -0.411 e. The molecule has 0 aliphatic heterocycles. The van der Waals surface area contributed by atoms with Crippen LogP contribution in [0.5, 0.6) is 0 Å². The van der Waals surface area contributed by atoms with E-state index in [1.54, 1.807) is 0 Å². The zero-order valence-corrected chi connectivity index (χ0v) is 17.9. The van der Waals surface area contributed by atoms with Gasteiger partial charge in [-0.15, -0.1) is 0 Å². The van der Waals surface area contributed by atoms with Crippen molar-refractivity contribution in [3.63, 3.8) is 0 Å². The van der Waals surface area contributed by atoms with Crippen LogP contribution in [0.3, 0.4) is 0 Å². The molecule has 0 saturated heterocycles. The lowest BCUT2D eigenvalue weighted by atomic mass is 9.85. The Morgan fingerprint density at radius 2 is 1.38 bits per heavy atom. The summed E-state index contributed by atoms with van der Waals surface area (Å²) in [5.41, 5.74) is -0.436. The summed E-state index contributed by atoms with van der Waals surface area (Å²) in [5.74, 6) is 0. The molecule has 2 atom stereocenters. The normalized spacial score (nSPS) is 17.7. The highest BCUT2D eigenvalue weighted by atomic mass is 28.4. The number of hydrogen-bond acceptors (Lipinski definition) is 3. The maximum Gasteiger partial charge on any atom is 0.192 e. The fraction of sp³-hybridized carbons (Fsp3) is 1.00. The van der Waals surface area contributed by atoms with Crippen LogP contribution >= 0.6 is 0 Å². The van der Waals surface area contributed by atoms with Crippen LogP contribution in [0.4, 0.5) is 0 Å². The molecule has 1 unspecified atom stereocenters. The fourth-order valence-electron chi connectivity index (χ4n) is 2.08. The molecule has 0 aromatic heterocycles. The van der Waals surface area contributed by atoms with E-state index >= 15 is 0 Å². The minimum atomic E-state index is -1.99. The second kappa shape index (κ2) is 6.83. The highest BCUT2D eigenvalue weighted by Gasteiger charge is 2.45. The molecule has 0 heterocycles. The van der Waals surface area contributed by atoms with Gasteiger partial charge in [0.05, 0.1) is 18.8 Å². The first-order valence-corrected chi connectivity index (χ1v) is 14.6. The standard InChI is InChI=1S/C16H38O3Si2/c1-15(2,3)21(9,10)19-14(16(4,5)12-17)13(18)11-20(6,7)8/h13-14,17-18H,11-12H2,1-10H3/t13?,14-/m0/s1. The van der Waals surface area contributed by atoms with Crippen molar-refractivity contribution >= 4 is 16.4 Å². The zero-order valence-electron chi connectivity index (χ0n) is 15.9. The molecule has 0 aliphatic carbocycles. The molecular formula is C16H38O3Si2. The number of aliphatic hydroxyl groups is 2. The van der Waals surface area contributed by atoms with Crippen molar-refractivity contribution in [1.29, 1.82) is 0 Å². The summed E-state index contributed by atoms with van der Waals surface area (Å²) >= 11 is 0. The Kier molecular flexibility index (Phi) is 6.93. The van der Waals surface area contributed by atoms with Gasteiger partial charge in [-0.25, -0.2) is 0 Å². The van der Waals surface area contributed by atoms with Crippen molar-refractivity contribution < 1.29 is 14.6 Å². The SMILES string of the molecule is CC(C)(CO)[C@@H](O[Si](C)(C)C(C)(C)C)C(O)C[Si](C)(C)C. The highest BCUT2D eigenvalue weighted by molar-refractivity contribution is 6.76. The Balaban J connectivity index is 5.37. The Hall–Kier alpha value is 0.314. The minimum absolute atomic E-state index is 0.0229. The van der Waals surface area contributed by atoms with Gasteiger partial charge in [0, 0.05) is 13.5 Å². The quantitative estimate of drug-likeness (QED) is 0.689. The van der Waals surface area contributed by atoms with E-state index in [1.807, 2.05) is 13.8 Å². The molecule has 0 spiro atoms. The Labute approximate surface area is 134 Å². The topological polar surface area (TPSA) is 49.7 Å². The highest BCUT2D eigenvalue weighted by Crippen LogP contribution is 2.41. The van der Waals surface area contributed by atoms with Gasteiger partial charge in [0.1, 0.15) is 0 Å². The van der Waals surface area contributed by atoms with Gasteiger partial charge >= 0.3 is 0 Å². The first-order chi connectivity index (χ1) is 9.03. The molecule has 0 radical (unpaired) electrons.